The van der Waals surface area contributed by atoms with Crippen LogP contribution in [0.2, 0.25) is 0 Å². The molecule has 2 fully saturated rings. The average Bonchev–Trinajstić information content (AvgIpc) is 3.16. The summed E-state index contributed by atoms with van der Waals surface area (Å²) in [6.07, 6.45) is -7.82. The summed E-state index contributed by atoms with van der Waals surface area (Å²) in [6.45, 7) is 4.19. The first-order valence-electron chi connectivity index (χ1n) is 11.2. The topological polar surface area (TPSA) is 230 Å². The van der Waals surface area contributed by atoms with Crippen LogP contribution in [0, 0.1) is 0 Å². The molecule has 0 aromatic carbocycles. The fourth-order valence-electron chi connectivity index (χ4n) is 3.97. The standard InChI is InChI=1S/C20H28N6O11/c1-9(27)31-6-5-13-17(15(8-32-13)33-10(2)28)37-20-16(24-26-22)19(35-12(4)30)18(34-11(3)29)14(36-20)7-23-25-21/h13-20H,5-8H2,1-4H3/t13-,14+,15+,16?,17-,18-,19-,20-/m1/s1. The SMILES string of the molecule is CC(=O)OCC[C@H]1OC[C@H](OC(C)=O)[C@@H]1O[C@H]1O[C@@H](CN=[N+]=[N-])[C@@H](OC(C)=O)[C@H](OC(C)=O)C1N=[N+]=[N-]. The van der Waals surface area contributed by atoms with Crippen LogP contribution >= 0.6 is 0 Å². The van der Waals surface area contributed by atoms with Crippen molar-refractivity contribution in [2.75, 3.05) is 19.8 Å². The molecule has 0 aromatic heterocycles. The lowest BCUT2D eigenvalue weighted by Crippen LogP contribution is -2.62. The van der Waals surface area contributed by atoms with Crippen LogP contribution in [0.5, 0.6) is 0 Å². The molecule has 2 saturated heterocycles. The number of esters is 4. The maximum absolute atomic E-state index is 11.9. The molecule has 1 unspecified atom stereocenters. The van der Waals surface area contributed by atoms with Gasteiger partial charge in [-0.3, -0.25) is 19.2 Å². The summed E-state index contributed by atoms with van der Waals surface area (Å²) in [7, 11) is 0. The second-order valence-corrected chi connectivity index (χ2v) is 8.05. The van der Waals surface area contributed by atoms with Gasteiger partial charge < -0.3 is 33.2 Å². The van der Waals surface area contributed by atoms with Crippen molar-refractivity contribution >= 4 is 23.9 Å². The van der Waals surface area contributed by atoms with Crippen molar-refractivity contribution in [2.24, 2.45) is 10.2 Å². The zero-order chi connectivity index (χ0) is 27.5. The summed E-state index contributed by atoms with van der Waals surface area (Å²) >= 11 is 0. The van der Waals surface area contributed by atoms with Crippen molar-refractivity contribution < 1.29 is 52.3 Å². The molecule has 0 N–H and O–H groups in total. The minimum Gasteiger partial charge on any atom is -0.466 e. The maximum atomic E-state index is 11.9. The highest BCUT2D eigenvalue weighted by Gasteiger charge is 2.52. The first-order chi connectivity index (χ1) is 17.6. The molecule has 37 heavy (non-hydrogen) atoms. The summed E-state index contributed by atoms with van der Waals surface area (Å²) in [6, 6.07) is -1.38. The van der Waals surface area contributed by atoms with Crippen molar-refractivity contribution in [1.29, 1.82) is 0 Å². The van der Waals surface area contributed by atoms with Gasteiger partial charge in [-0.05, 0) is 11.1 Å². The summed E-state index contributed by atoms with van der Waals surface area (Å²) in [5.74, 6) is -2.68. The maximum Gasteiger partial charge on any atom is 0.303 e. The van der Waals surface area contributed by atoms with E-state index in [9.17, 15) is 24.7 Å². The Kier molecular flexibility index (Phi) is 11.4. The molecule has 0 spiro atoms. The fraction of sp³-hybridized carbons (Fsp3) is 0.800. The molecule has 17 nitrogen and oxygen atoms in total. The van der Waals surface area contributed by atoms with E-state index in [2.05, 4.69) is 20.1 Å². The van der Waals surface area contributed by atoms with Crippen LogP contribution < -0.4 is 0 Å². The first-order valence-corrected chi connectivity index (χ1v) is 11.2. The van der Waals surface area contributed by atoms with Gasteiger partial charge in [-0.15, -0.1) is 0 Å². The van der Waals surface area contributed by atoms with Crippen molar-refractivity contribution in [2.45, 2.75) is 83.1 Å². The van der Waals surface area contributed by atoms with E-state index < -0.39 is 72.8 Å². The van der Waals surface area contributed by atoms with Crippen LogP contribution in [0.25, 0.3) is 20.9 Å². The monoisotopic (exact) mass is 528 g/mol. The predicted molar refractivity (Wildman–Crippen MR) is 118 cm³/mol. The molecule has 204 valence electrons. The molecule has 17 heteroatoms. The quantitative estimate of drug-likeness (QED) is 0.122. The fourth-order valence-corrected chi connectivity index (χ4v) is 3.97. The molecule has 0 aromatic rings. The number of carbonyl (C=O) groups is 4. The highest BCUT2D eigenvalue weighted by molar-refractivity contribution is 5.68. The van der Waals surface area contributed by atoms with Crippen LogP contribution in [0.15, 0.2) is 10.2 Å². The lowest BCUT2D eigenvalue weighted by Gasteiger charge is -2.44. The van der Waals surface area contributed by atoms with Gasteiger partial charge in [-0.1, -0.05) is 10.2 Å². The smallest absolute Gasteiger partial charge is 0.303 e. The number of ether oxygens (including phenoxy) is 7. The van der Waals surface area contributed by atoms with E-state index in [0.717, 1.165) is 13.8 Å². The minimum absolute atomic E-state index is 0.0257. The molecule has 0 bridgehead atoms. The number of azide groups is 2. The summed E-state index contributed by atoms with van der Waals surface area (Å²) in [5.41, 5.74) is 18.0. The molecule has 0 amide bonds. The molecule has 2 rings (SSSR count). The van der Waals surface area contributed by atoms with E-state index in [1.807, 2.05) is 0 Å². The van der Waals surface area contributed by atoms with Gasteiger partial charge in [0.1, 0.15) is 18.2 Å². The van der Waals surface area contributed by atoms with Gasteiger partial charge in [0, 0.05) is 43.9 Å². The molecule has 0 radical (unpaired) electrons. The van der Waals surface area contributed by atoms with Gasteiger partial charge in [-0.2, -0.15) is 0 Å². The predicted octanol–water partition coefficient (Wildman–Crippen LogP) is 1.23. The van der Waals surface area contributed by atoms with Crippen molar-refractivity contribution in [1.82, 2.24) is 0 Å². The molecule has 2 aliphatic heterocycles. The van der Waals surface area contributed by atoms with Gasteiger partial charge in [0.05, 0.1) is 25.9 Å². The molecular weight excluding hydrogens is 500 g/mol. The first kappa shape index (κ1) is 29.6. The van der Waals surface area contributed by atoms with Crippen LogP contribution in [0.1, 0.15) is 34.1 Å². The Hall–Kier alpha value is -3.62. The second-order valence-electron chi connectivity index (χ2n) is 8.05. The number of rotatable bonds is 11. The number of hydrogen-bond acceptors (Lipinski definition) is 13. The van der Waals surface area contributed by atoms with Crippen LogP contribution in [-0.4, -0.2) is 92.6 Å². The highest BCUT2D eigenvalue weighted by atomic mass is 16.7. The van der Waals surface area contributed by atoms with Gasteiger partial charge in [0.15, 0.2) is 24.6 Å². The Balaban J connectivity index is 2.42. The van der Waals surface area contributed by atoms with Gasteiger partial charge >= 0.3 is 23.9 Å². The van der Waals surface area contributed by atoms with Crippen molar-refractivity contribution in [3.8, 4) is 0 Å². The highest BCUT2D eigenvalue weighted by Crippen LogP contribution is 2.33. The zero-order valence-corrected chi connectivity index (χ0v) is 20.6. The zero-order valence-electron chi connectivity index (χ0n) is 20.6. The van der Waals surface area contributed by atoms with E-state index in [1.165, 1.54) is 13.8 Å². The average molecular weight is 528 g/mol. The summed E-state index contributed by atoms with van der Waals surface area (Å²) in [5, 5.41) is 7.10. The van der Waals surface area contributed by atoms with Gasteiger partial charge in [0.25, 0.3) is 0 Å². The van der Waals surface area contributed by atoms with Gasteiger partial charge in [-0.25, -0.2) is 0 Å². The van der Waals surface area contributed by atoms with Crippen LogP contribution in [0.3, 0.4) is 0 Å². The largest absolute Gasteiger partial charge is 0.466 e. The lowest BCUT2D eigenvalue weighted by molar-refractivity contribution is -0.284. The Morgan fingerprint density at radius 1 is 0.865 bits per heavy atom. The van der Waals surface area contributed by atoms with E-state index in [0.29, 0.717) is 0 Å². The summed E-state index contributed by atoms with van der Waals surface area (Å²) < 4.78 is 38.5. The third kappa shape index (κ3) is 8.77. The third-order valence-electron chi connectivity index (χ3n) is 5.25. The van der Waals surface area contributed by atoms with E-state index in [4.69, 9.17) is 38.7 Å². The number of carbonyl (C=O) groups excluding carboxylic acids is 4. The lowest BCUT2D eigenvalue weighted by atomic mass is 9.96. The second kappa shape index (κ2) is 14.2. The van der Waals surface area contributed by atoms with Gasteiger partial charge in [0.2, 0.25) is 0 Å². The summed E-state index contributed by atoms with van der Waals surface area (Å²) in [4.78, 5) is 51.9. The van der Waals surface area contributed by atoms with Crippen molar-refractivity contribution in [3.05, 3.63) is 20.9 Å². The van der Waals surface area contributed by atoms with E-state index in [1.54, 1.807) is 0 Å². The minimum atomic E-state index is -1.45. The molecule has 2 aliphatic rings. The van der Waals surface area contributed by atoms with E-state index >= 15 is 0 Å². The molecule has 8 atom stereocenters. The number of hydrogen-bond donors (Lipinski definition) is 0. The molecular formula is C20H28N6O11. The number of nitrogens with zero attached hydrogens (tertiary/aromatic N) is 6. The molecule has 0 aliphatic carbocycles. The normalized spacial score (nSPS) is 30.7. The Bertz CT molecular complexity index is 951. The van der Waals surface area contributed by atoms with Crippen LogP contribution in [0.4, 0.5) is 0 Å². The molecule has 0 saturated carbocycles. The molecule has 2 heterocycles. The Morgan fingerprint density at radius 3 is 2.08 bits per heavy atom. The van der Waals surface area contributed by atoms with E-state index in [-0.39, 0.29) is 26.2 Å². The van der Waals surface area contributed by atoms with Crippen molar-refractivity contribution in [3.63, 3.8) is 0 Å². The Labute approximate surface area is 210 Å². The third-order valence-corrected chi connectivity index (χ3v) is 5.25. The van der Waals surface area contributed by atoms with Crippen LogP contribution in [-0.2, 0) is 52.3 Å². The Morgan fingerprint density at radius 2 is 1.51 bits per heavy atom.